The molecule has 0 nitrogen and oxygen atoms in total. The molecule has 0 saturated heterocycles. The van der Waals surface area contributed by atoms with Crippen LogP contribution in [0.5, 0.6) is 0 Å². The quantitative estimate of drug-likeness (QED) is 0.306. The fourth-order valence-corrected chi connectivity index (χ4v) is 4.52. The van der Waals surface area contributed by atoms with Crippen molar-refractivity contribution in [2.45, 2.75) is 34.1 Å². The number of halogens is 2. The minimum absolute atomic E-state index is 0. The van der Waals surface area contributed by atoms with Gasteiger partial charge in [0.05, 0.1) is 0 Å². The summed E-state index contributed by atoms with van der Waals surface area (Å²) in [5.41, 5.74) is 5.38. The zero-order valence-corrected chi connectivity index (χ0v) is 26.7. The van der Waals surface area contributed by atoms with Crippen molar-refractivity contribution in [3.05, 3.63) is 126 Å². The molecule has 0 aromatic heterocycles. The van der Waals surface area contributed by atoms with E-state index in [4.69, 9.17) is 0 Å². The van der Waals surface area contributed by atoms with Gasteiger partial charge in [0, 0.05) is 0 Å². The van der Waals surface area contributed by atoms with Gasteiger partial charge in [-0.1, -0.05) is 95.0 Å². The van der Waals surface area contributed by atoms with Crippen LogP contribution in [0.15, 0.2) is 104 Å². The predicted octanol–water partition coefficient (Wildman–Crippen LogP) is 3.75. The van der Waals surface area contributed by atoms with Gasteiger partial charge in [0.2, 0.25) is 0 Å². The molecule has 1 unspecified atom stereocenters. The van der Waals surface area contributed by atoms with Crippen LogP contribution in [0.1, 0.15) is 50.8 Å². The van der Waals surface area contributed by atoms with Gasteiger partial charge in [-0.3, -0.25) is 6.08 Å². The molecule has 5 rings (SSSR count). The van der Waals surface area contributed by atoms with Gasteiger partial charge < -0.3 is 24.8 Å². The summed E-state index contributed by atoms with van der Waals surface area (Å²) in [5, 5.41) is 5.15. The van der Waals surface area contributed by atoms with Gasteiger partial charge in [-0.25, -0.2) is 6.08 Å². The van der Waals surface area contributed by atoms with E-state index in [9.17, 15) is 0 Å². The Kier molecular flexibility index (Phi) is 14.3. The van der Waals surface area contributed by atoms with Gasteiger partial charge in [0.15, 0.2) is 0 Å². The Bertz CT molecular complexity index is 1340. The van der Waals surface area contributed by atoms with Crippen molar-refractivity contribution >= 4 is 37.4 Å². The van der Waals surface area contributed by atoms with Crippen LogP contribution in [0.25, 0.3) is 33.7 Å². The summed E-state index contributed by atoms with van der Waals surface area (Å²) in [6, 6.07) is 25.5. The van der Waals surface area contributed by atoms with Crippen molar-refractivity contribution < 1.29 is 49.0 Å². The average Bonchev–Trinajstić information content (AvgIpc) is 3.54. The van der Waals surface area contributed by atoms with Crippen LogP contribution in [0.2, 0.25) is 0 Å². The van der Waals surface area contributed by atoms with E-state index in [1.165, 1.54) is 63.3 Å². The summed E-state index contributed by atoms with van der Waals surface area (Å²) in [5.74, 6) is 0.573. The number of hydrogen-bond acceptors (Lipinski definition) is 0. The molecule has 0 amide bonds. The van der Waals surface area contributed by atoms with E-state index in [-0.39, 0.29) is 24.8 Å². The van der Waals surface area contributed by atoms with E-state index >= 15 is 0 Å². The van der Waals surface area contributed by atoms with E-state index in [1.807, 2.05) is 18.2 Å². The van der Waals surface area contributed by atoms with Crippen molar-refractivity contribution in [2.24, 2.45) is 11.3 Å². The molecule has 1 atom stereocenters. The molecule has 0 N–H and O–H groups in total. The third kappa shape index (κ3) is 9.23. The fourth-order valence-electron chi connectivity index (χ4n) is 4.05. The number of allylic oxidation sites excluding steroid dienone is 4. The van der Waals surface area contributed by atoms with Gasteiger partial charge >= 0.3 is 63.8 Å². The SMILES string of the molecule is C=Cc1ccc2[cH-]c3ccc(C=C)cc3c2c1.CCC1[C-]=CC(C(C)(C)C)=C1.[Cl-].[Cl-].[Zr+2]=[CH]c1ccccc1. The normalized spacial score (nSPS) is 13.6. The van der Waals surface area contributed by atoms with E-state index in [0.717, 1.165) is 11.1 Å². The molecule has 0 radical (unpaired) electrons. The molecule has 0 bridgehead atoms. The van der Waals surface area contributed by atoms with Crippen molar-refractivity contribution in [3.8, 4) is 0 Å². The van der Waals surface area contributed by atoms with Crippen LogP contribution in [-0.2, 0) is 24.2 Å². The van der Waals surface area contributed by atoms with Crippen LogP contribution in [0.4, 0.5) is 0 Å². The van der Waals surface area contributed by atoms with Crippen molar-refractivity contribution in [3.63, 3.8) is 0 Å². The molecule has 0 fully saturated rings. The molecule has 38 heavy (non-hydrogen) atoms. The Labute approximate surface area is 256 Å². The monoisotopic (exact) mass is 616 g/mol. The fraction of sp³-hybridized carbons (Fsp3) is 0.200. The predicted molar refractivity (Wildman–Crippen MR) is 158 cm³/mol. The molecule has 3 heteroatoms. The first-order valence-corrected chi connectivity index (χ1v) is 14.0. The van der Waals surface area contributed by atoms with Crippen LogP contribution < -0.4 is 24.8 Å². The number of fused-ring (bicyclic) bond motifs is 3. The van der Waals surface area contributed by atoms with Crippen LogP contribution in [-0.4, -0.2) is 3.71 Å². The standard InChI is InChI=1S/C17H13.C11H17.C7H6.2ClH.Zr/c1-3-12-5-7-14-11-15-8-6-13(4-2)10-17(15)16(14)9-12;1-5-9-6-7-10(8-9)11(2,3)4;1-7-5-3-2-4-6-7;;;/h3-11H,1-2H2;7-9H,5H2,1-4H3;1-6H;2*1H;/q2*-1;;;;+2/p-2. The van der Waals surface area contributed by atoms with Gasteiger partial charge in [-0.05, 0) is 11.1 Å². The van der Waals surface area contributed by atoms with Crippen LogP contribution >= 0.6 is 0 Å². The molecule has 1 aliphatic rings. The summed E-state index contributed by atoms with van der Waals surface area (Å²) >= 11 is 1.46. The first-order chi connectivity index (χ1) is 17.3. The Morgan fingerprint density at radius 3 is 1.71 bits per heavy atom. The topological polar surface area (TPSA) is 0 Å². The van der Waals surface area contributed by atoms with Crippen molar-refractivity contribution in [1.82, 2.24) is 0 Å². The summed E-state index contributed by atoms with van der Waals surface area (Å²) in [7, 11) is 0. The molecule has 196 valence electrons. The van der Waals surface area contributed by atoms with Gasteiger partial charge in [0.1, 0.15) is 0 Å². The summed E-state index contributed by atoms with van der Waals surface area (Å²) in [4.78, 5) is 0. The summed E-state index contributed by atoms with van der Waals surface area (Å²) < 4.78 is 2.17. The molecule has 0 heterocycles. The van der Waals surface area contributed by atoms with Crippen LogP contribution in [0, 0.1) is 17.4 Å². The Balaban J connectivity index is 0.000000300. The van der Waals surface area contributed by atoms with Crippen LogP contribution in [0.3, 0.4) is 0 Å². The second-order valence-electron chi connectivity index (χ2n) is 10.00. The zero-order chi connectivity index (χ0) is 26.1. The van der Waals surface area contributed by atoms with Gasteiger partial charge in [0.25, 0.3) is 0 Å². The van der Waals surface area contributed by atoms with E-state index in [1.54, 1.807) is 0 Å². The molecule has 4 aromatic rings. The number of benzene rings is 3. The Morgan fingerprint density at radius 1 is 0.842 bits per heavy atom. The van der Waals surface area contributed by atoms with Gasteiger partial charge in [-0.2, -0.15) is 11.6 Å². The second kappa shape index (κ2) is 16.0. The molecule has 1 aliphatic carbocycles. The first-order valence-electron chi connectivity index (χ1n) is 12.5. The number of rotatable bonds is 4. The van der Waals surface area contributed by atoms with Crippen molar-refractivity contribution in [1.29, 1.82) is 0 Å². The molecular weight excluding hydrogens is 583 g/mol. The third-order valence-electron chi connectivity index (χ3n) is 6.33. The minimum atomic E-state index is 0. The molecule has 0 spiro atoms. The summed E-state index contributed by atoms with van der Waals surface area (Å²) in [6.07, 6.45) is 12.8. The second-order valence-corrected chi connectivity index (χ2v) is 10.7. The van der Waals surface area contributed by atoms with E-state index < -0.39 is 0 Å². The maximum absolute atomic E-state index is 3.82. The maximum atomic E-state index is 3.82. The molecular formula is C35H36Cl2Zr-2. The van der Waals surface area contributed by atoms with Crippen molar-refractivity contribution in [2.75, 3.05) is 0 Å². The third-order valence-corrected chi connectivity index (χ3v) is 7.15. The number of hydrogen-bond donors (Lipinski definition) is 0. The first kappa shape index (κ1) is 33.9. The summed E-state index contributed by atoms with van der Waals surface area (Å²) in [6.45, 7) is 16.6. The molecule has 0 saturated carbocycles. The Hall–Kier alpha value is -2.18. The molecule has 0 aliphatic heterocycles. The van der Waals surface area contributed by atoms with E-state index in [0.29, 0.717) is 11.3 Å². The van der Waals surface area contributed by atoms with E-state index in [2.05, 4.69) is 130 Å². The van der Waals surface area contributed by atoms with Gasteiger partial charge in [-0.15, -0.1) is 39.7 Å². The zero-order valence-electron chi connectivity index (χ0n) is 22.8. The molecule has 4 aromatic carbocycles. The average molecular weight is 619 g/mol. The Morgan fingerprint density at radius 2 is 1.37 bits per heavy atom.